The molecule has 0 fully saturated rings. The van der Waals surface area contributed by atoms with E-state index < -0.39 is 0 Å². The van der Waals surface area contributed by atoms with E-state index in [0.29, 0.717) is 6.54 Å². The third kappa shape index (κ3) is 3.20. The van der Waals surface area contributed by atoms with Crippen LogP contribution in [0.5, 0.6) is 0 Å². The first kappa shape index (κ1) is 14.8. The van der Waals surface area contributed by atoms with Gasteiger partial charge in [0.05, 0.1) is 6.54 Å². The normalized spacial score (nSPS) is 16.9. The third-order valence-corrected chi connectivity index (χ3v) is 4.46. The predicted octanol–water partition coefficient (Wildman–Crippen LogP) is 1.88. The van der Waals surface area contributed by atoms with Crippen LogP contribution in [0.1, 0.15) is 22.3 Å². The number of quaternary nitrogens is 1. The molecule has 22 heavy (non-hydrogen) atoms. The van der Waals surface area contributed by atoms with Gasteiger partial charge in [0.15, 0.2) is 6.54 Å². The highest BCUT2D eigenvalue weighted by Gasteiger charge is 2.21. The number of carbonyl (C=O) groups excluding carboxylic acids is 1. The van der Waals surface area contributed by atoms with Gasteiger partial charge in [0.25, 0.3) is 5.91 Å². The summed E-state index contributed by atoms with van der Waals surface area (Å²) in [6, 6.07) is 14.6. The fraction of sp³-hybridized carbons (Fsp3) is 0.316. The Morgan fingerprint density at radius 1 is 1.05 bits per heavy atom. The molecule has 2 N–H and O–H groups in total. The van der Waals surface area contributed by atoms with E-state index in [2.05, 4.69) is 29.6 Å². The summed E-state index contributed by atoms with van der Waals surface area (Å²) in [6.45, 7) is 6.56. The van der Waals surface area contributed by atoms with Gasteiger partial charge in [0, 0.05) is 17.7 Å². The second kappa shape index (κ2) is 6.32. The Morgan fingerprint density at radius 3 is 2.45 bits per heavy atom. The molecule has 3 rings (SSSR count). The standard InChI is InChI=1S/C19H22N2O/c1-14-6-5-7-15(2)19(14)20-18(22)13-21-11-10-16-8-3-4-9-17(16)12-21/h3-9H,10-13H2,1-2H3,(H,20,22)/p+1. The van der Waals surface area contributed by atoms with E-state index in [4.69, 9.17) is 0 Å². The van der Waals surface area contributed by atoms with E-state index in [1.807, 2.05) is 32.0 Å². The van der Waals surface area contributed by atoms with Gasteiger partial charge in [0.1, 0.15) is 6.54 Å². The van der Waals surface area contributed by atoms with Crippen molar-refractivity contribution in [2.75, 3.05) is 18.4 Å². The zero-order valence-corrected chi connectivity index (χ0v) is 13.3. The molecule has 0 aromatic heterocycles. The summed E-state index contributed by atoms with van der Waals surface area (Å²) >= 11 is 0. The van der Waals surface area contributed by atoms with E-state index in [0.717, 1.165) is 36.3 Å². The minimum absolute atomic E-state index is 0.104. The maximum atomic E-state index is 12.4. The molecule has 0 saturated heterocycles. The summed E-state index contributed by atoms with van der Waals surface area (Å²) in [4.78, 5) is 13.7. The lowest BCUT2D eigenvalue weighted by Gasteiger charge is -2.25. The average molecular weight is 295 g/mol. The van der Waals surface area contributed by atoms with Crippen molar-refractivity contribution in [3.05, 3.63) is 64.7 Å². The zero-order chi connectivity index (χ0) is 15.5. The number of aryl methyl sites for hydroxylation is 2. The molecular formula is C19H23N2O+. The van der Waals surface area contributed by atoms with Crippen LogP contribution < -0.4 is 10.2 Å². The summed E-state index contributed by atoms with van der Waals surface area (Å²) in [7, 11) is 0. The van der Waals surface area contributed by atoms with Gasteiger partial charge in [-0.25, -0.2) is 0 Å². The van der Waals surface area contributed by atoms with Crippen LogP contribution in [-0.2, 0) is 17.8 Å². The monoisotopic (exact) mass is 295 g/mol. The van der Waals surface area contributed by atoms with Crippen molar-refractivity contribution in [3.63, 3.8) is 0 Å². The Balaban J connectivity index is 1.64. The Hall–Kier alpha value is -2.13. The Labute approximate surface area is 132 Å². The highest BCUT2D eigenvalue weighted by Crippen LogP contribution is 2.19. The van der Waals surface area contributed by atoms with Crippen LogP contribution in [0.2, 0.25) is 0 Å². The highest BCUT2D eigenvalue weighted by atomic mass is 16.2. The molecule has 2 aromatic carbocycles. The molecule has 1 atom stereocenters. The first-order valence-corrected chi connectivity index (χ1v) is 7.90. The summed E-state index contributed by atoms with van der Waals surface area (Å²) < 4.78 is 0. The maximum Gasteiger partial charge on any atom is 0.279 e. The molecule has 3 heteroatoms. The number of benzene rings is 2. The van der Waals surface area contributed by atoms with Crippen LogP contribution in [-0.4, -0.2) is 19.0 Å². The van der Waals surface area contributed by atoms with Crippen LogP contribution in [0.15, 0.2) is 42.5 Å². The van der Waals surface area contributed by atoms with Gasteiger partial charge in [0.2, 0.25) is 0 Å². The van der Waals surface area contributed by atoms with Gasteiger partial charge in [-0.15, -0.1) is 0 Å². The van der Waals surface area contributed by atoms with Crippen molar-refractivity contribution in [3.8, 4) is 0 Å². The third-order valence-electron chi connectivity index (χ3n) is 4.46. The van der Waals surface area contributed by atoms with E-state index in [1.54, 1.807) is 0 Å². The van der Waals surface area contributed by atoms with Crippen molar-refractivity contribution >= 4 is 11.6 Å². The number of nitrogens with one attached hydrogen (secondary N) is 2. The molecule has 3 nitrogen and oxygen atoms in total. The van der Waals surface area contributed by atoms with Crippen molar-refractivity contribution < 1.29 is 9.69 Å². The smallest absolute Gasteiger partial charge is 0.279 e. The number of amides is 1. The number of para-hydroxylation sites is 1. The van der Waals surface area contributed by atoms with Crippen LogP contribution >= 0.6 is 0 Å². The average Bonchev–Trinajstić information content (AvgIpc) is 2.51. The fourth-order valence-electron chi connectivity index (χ4n) is 3.22. The molecule has 1 aliphatic heterocycles. The molecule has 0 saturated carbocycles. The Morgan fingerprint density at radius 2 is 1.73 bits per heavy atom. The summed E-state index contributed by atoms with van der Waals surface area (Å²) in [5.41, 5.74) is 6.01. The van der Waals surface area contributed by atoms with Crippen molar-refractivity contribution in [2.24, 2.45) is 0 Å². The number of rotatable bonds is 3. The number of fused-ring (bicyclic) bond motifs is 1. The molecule has 0 radical (unpaired) electrons. The second-order valence-electron chi connectivity index (χ2n) is 6.19. The summed E-state index contributed by atoms with van der Waals surface area (Å²) in [6.07, 6.45) is 1.06. The predicted molar refractivity (Wildman–Crippen MR) is 89.1 cm³/mol. The number of anilines is 1. The van der Waals surface area contributed by atoms with Gasteiger partial charge in [-0.05, 0) is 30.5 Å². The molecular weight excluding hydrogens is 272 g/mol. The lowest BCUT2D eigenvalue weighted by atomic mass is 10.00. The molecule has 0 spiro atoms. The summed E-state index contributed by atoms with van der Waals surface area (Å²) in [5.74, 6) is 0.104. The topological polar surface area (TPSA) is 33.5 Å². The molecule has 1 amide bonds. The van der Waals surface area contributed by atoms with E-state index >= 15 is 0 Å². The second-order valence-corrected chi connectivity index (χ2v) is 6.19. The van der Waals surface area contributed by atoms with Gasteiger partial charge >= 0.3 is 0 Å². The largest absolute Gasteiger partial charge is 0.323 e. The van der Waals surface area contributed by atoms with Gasteiger partial charge in [-0.2, -0.15) is 0 Å². The van der Waals surface area contributed by atoms with Crippen LogP contribution in [0.4, 0.5) is 5.69 Å². The van der Waals surface area contributed by atoms with E-state index in [-0.39, 0.29) is 5.91 Å². The minimum atomic E-state index is 0.104. The number of carbonyl (C=O) groups is 1. The highest BCUT2D eigenvalue weighted by molar-refractivity contribution is 5.93. The molecule has 0 bridgehead atoms. The first-order chi connectivity index (χ1) is 10.6. The SMILES string of the molecule is Cc1cccc(C)c1NC(=O)C[NH+]1CCc2ccccc2C1. The Bertz CT molecular complexity index is 673. The first-order valence-electron chi connectivity index (χ1n) is 7.90. The lowest BCUT2D eigenvalue weighted by molar-refractivity contribution is -0.907. The molecule has 0 aliphatic carbocycles. The molecule has 2 aromatic rings. The quantitative estimate of drug-likeness (QED) is 0.891. The summed E-state index contributed by atoms with van der Waals surface area (Å²) in [5, 5.41) is 3.09. The van der Waals surface area contributed by atoms with Crippen molar-refractivity contribution in [1.82, 2.24) is 0 Å². The Kier molecular flexibility index (Phi) is 4.25. The lowest BCUT2D eigenvalue weighted by Crippen LogP contribution is -3.12. The van der Waals surface area contributed by atoms with Crippen molar-refractivity contribution in [2.45, 2.75) is 26.8 Å². The van der Waals surface area contributed by atoms with Crippen LogP contribution in [0, 0.1) is 13.8 Å². The van der Waals surface area contributed by atoms with E-state index in [9.17, 15) is 4.79 Å². The van der Waals surface area contributed by atoms with Gasteiger partial charge in [-0.1, -0.05) is 42.5 Å². The van der Waals surface area contributed by atoms with E-state index in [1.165, 1.54) is 16.0 Å². The molecule has 1 heterocycles. The fourth-order valence-corrected chi connectivity index (χ4v) is 3.22. The molecule has 1 unspecified atom stereocenters. The molecule has 1 aliphatic rings. The van der Waals surface area contributed by atoms with Crippen LogP contribution in [0.25, 0.3) is 0 Å². The number of hydrogen-bond acceptors (Lipinski definition) is 1. The minimum Gasteiger partial charge on any atom is -0.323 e. The maximum absolute atomic E-state index is 12.4. The van der Waals surface area contributed by atoms with Crippen LogP contribution in [0.3, 0.4) is 0 Å². The van der Waals surface area contributed by atoms with Gasteiger partial charge in [-0.3, -0.25) is 4.79 Å². The molecule has 114 valence electrons. The van der Waals surface area contributed by atoms with Crippen molar-refractivity contribution in [1.29, 1.82) is 0 Å². The zero-order valence-electron chi connectivity index (χ0n) is 13.3. The number of hydrogen-bond donors (Lipinski definition) is 2. The van der Waals surface area contributed by atoms with Gasteiger partial charge < -0.3 is 10.2 Å².